The molecule has 0 unspecified atom stereocenters. The largest absolute Gasteiger partial charge is 0.468 e. The van der Waals surface area contributed by atoms with Gasteiger partial charge >= 0.3 is 0 Å². The molecular formula is C10H18O2. The molecule has 0 aliphatic heterocycles. The highest BCUT2D eigenvalue weighted by molar-refractivity contribution is 5.11. The Bertz CT molecular complexity index is 148. The molecule has 0 aliphatic carbocycles. The van der Waals surface area contributed by atoms with Crippen molar-refractivity contribution >= 4 is 0 Å². The van der Waals surface area contributed by atoms with E-state index in [1.54, 1.807) is 0 Å². The molecule has 0 radical (unpaired) electrons. The number of rotatable bonds is 6. The standard InChI is InChI=1S/C10H18O2/c1-3-5-6-8-10(7-4-2)12-9-11/h6-8,11H,3-5,9H2,1-2H3. The highest BCUT2D eigenvalue weighted by atomic mass is 16.6. The zero-order valence-corrected chi connectivity index (χ0v) is 7.92. The van der Waals surface area contributed by atoms with Crippen molar-refractivity contribution in [2.45, 2.75) is 33.1 Å². The molecule has 1 N–H and O–H groups in total. The van der Waals surface area contributed by atoms with E-state index in [0.29, 0.717) is 0 Å². The maximum absolute atomic E-state index is 8.52. The van der Waals surface area contributed by atoms with Crippen LogP contribution >= 0.6 is 0 Å². The Balaban J connectivity index is 3.85. The first-order valence-corrected chi connectivity index (χ1v) is 4.45. The van der Waals surface area contributed by atoms with E-state index in [0.717, 1.165) is 25.0 Å². The van der Waals surface area contributed by atoms with E-state index in [1.807, 2.05) is 19.1 Å². The van der Waals surface area contributed by atoms with Gasteiger partial charge in [0.05, 0.1) is 0 Å². The Kier molecular flexibility index (Phi) is 7.81. The third kappa shape index (κ3) is 5.98. The van der Waals surface area contributed by atoms with Crippen LogP contribution in [0.15, 0.2) is 24.0 Å². The van der Waals surface area contributed by atoms with Gasteiger partial charge in [0, 0.05) is 0 Å². The summed E-state index contributed by atoms with van der Waals surface area (Å²) in [6.07, 6.45) is 9.01. The summed E-state index contributed by atoms with van der Waals surface area (Å²) in [5, 5.41) is 8.52. The van der Waals surface area contributed by atoms with Crippen molar-refractivity contribution in [3.05, 3.63) is 24.0 Å². The Morgan fingerprint density at radius 3 is 2.67 bits per heavy atom. The molecule has 0 aromatic heterocycles. The molecule has 0 aromatic rings. The van der Waals surface area contributed by atoms with Gasteiger partial charge in [-0.25, -0.2) is 0 Å². The zero-order valence-electron chi connectivity index (χ0n) is 7.92. The quantitative estimate of drug-likeness (QED) is 0.377. The third-order valence-corrected chi connectivity index (χ3v) is 1.37. The van der Waals surface area contributed by atoms with Crippen LogP contribution in [0.5, 0.6) is 0 Å². The number of hydrogen-bond acceptors (Lipinski definition) is 2. The fraction of sp³-hybridized carbons (Fsp3) is 0.600. The summed E-state index contributed by atoms with van der Waals surface area (Å²) in [7, 11) is 0. The lowest BCUT2D eigenvalue weighted by Gasteiger charge is -2.01. The SMILES string of the molecule is CCC=C(C=CCCC)OCO. The molecule has 0 spiro atoms. The molecule has 0 aromatic carbocycles. The number of ether oxygens (including phenoxy) is 1. The molecular weight excluding hydrogens is 152 g/mol. The number of aliphatic hydroxyl groups is 1. The Morgan fingerprint density at radius 2 is 2.17 bits per heavy atom. The molecule has 70 valence electrons. The van der Waals surface area contributed by atoms with Crippen molar-refractivity contribution in [3.8, 4) is 0 Å². The number of aliphatic hydroxyl groups excluding tert-OH is 1. The number of allylic oxidation sites excluding steroid dienone is 3. The van der Waals surface area contributed by atoms with Gasteiger partial charge in [0.25, 0.3) is 0 Å². The van der Waals surface area contributed by atoms with Crippen LogP contribution in [0.1, 0.15) is 33.1 Å². The van der Waals surface area contributed by atoms with Crippen molar-refractivity contribution in [3.63, 3.8) is 0 Å². The average Bonchev–Trinajstić information content (AvgIpc) is 2.06. The van der Waals surface area contributed by atoms with Gasteiger partial charge in [-0.2, -0.15) is 0 Å². The second kappa shape index (κ2) is 8.34. The van der Waals surface area contributed by atoms with Crippen LogP contribution in [-0.4, -0.2) is 11.9 Å². The molecule has 0 saturated carbocycles. The minimum Gasteiger partial charge on any atom is -0.468 e. The van der Waals surface area contributed by atoms with Gasteiger partial charge in [-0.3, -0.25) is 0 Å². The fourth-order valence-electron chi connectivity index (χ4n) is 0.817. The van der Waals surface area contributed by atoms with Crippen LogP contribution < -0.4 is 0 Å². The lowest BCUT2D eigenvalue weighted by molar-refractivity contribution is 0.0475. The van der Waals surface area contributed by atoms with Crippen LogP contribution in [0.25, 0.3) is 0 Å². The average molecular weight is 170 g/mol. The molecule has 0 amide bonds. The third-order valence-electron chi connectivity index (χ3n) is 1.37. The maximum atomic E-state index is 8.52. The molecule has 0 aliphatic rings. The zero-order chi connectivity index (χ0) is 9.23. The van der Waals surface area contributed by atoms with Crippen molar-refractivity contribution in [2.75, 3.05) is 6.79 Å². The van der Waals surface area contributed by atoms with E-state index in [-0.39, 0.29) is 6.79 Å². The molecule has 12 heavy (non-hydrogen) atoms. The minimum atomic E-state index is -0.248. The predicted molar refractivity (Wildman–Crippen MR) is 50.6 cm³/mol. The highest BCUT2D eigenvalue weighted by Gasteiger charge is 1.88. The Morgan fingerprint density at radius 1 is 1.42 bits per heavy atom. The molecule has 0 rings (SSSR count). The summed E-state index contributed by atoms with van der Waals surface area (Å²) >= 11 is 0. The highest BCUT2D eigenvalue weighted by Crippen LogP contribution is 2.02. The van der Waals surface area contributed by atoms with Gasteiger partial charge in [-0.15, -0.1) is 0 Å². The van der Waals surface area contributed by atoms with Crippen LogP contribution in [-0.2, 0) is 4.74 Å². The lowest BCUT2D eigenvalue weighted by Crippen LogP contribution is -1.90. The number of unbranched alkanes of at least 4 members (excludes halogenated alkanes) is 1. The second-order valence-electron chi connectivity index (χ2n) is 2.48. The monoisotopic (exact) mass is 170 g/mol. The molecule has 0 saturated heterocycles. The van der Waals surface area contributed by atoms with Gasteiger partial charge in [-0.1, -0.05) is 26.3 Å². The van der Waals surface area contributed by atoms with E-state index in [2.05, 4.69) is 13.0 Å². The Labute approximate surface area is 74.6 Å². The smallest absolute Gasteiger partial charge is 0.186 e. The van der Waals surface area contributed by atoms with E-state index >= 15 is 0 Å². The first-order valence-electron chi connectivity index (χ1n) is 4.45. The summed E-state index contributed by atoms with van der Waals surface area (Å²) < 4.78 is 4.96. The van der Waals surface area contributed by atoms with Crippen LogP contribution in [0, 0.1) is 0 Å². The summed E-state index contributed by atoms with van der Waals surface area (Å²) in [5.41, 5.74) is 0. The molecule has 0 heterocycles. The van der Waals surface area contributed by atoms with Crippen LogP contribution in [0.2, 0.25) is 0 Å². The van der Waals surface area contributed by atoms with Crippen molar-refractivity contribution < 1.29 is 9.84 Å². The minimum absolute atomic E-state index is 0.248. The van der Waals surface area contributed by atoms with E-state index < -0.39 is 0 Å². The van der Waals surface area contributed by atoms with E-state index in [9.17, 15) is 0 Å². The Hall–Kier alpha value is -0.760. The molecule has 0 atom stereocenters. The van der Waals surface area contributed by atoms with Crippen molar-refractivity contribution in [1.29, 1.82) is 0 Å². The summed E-state index contributed by atoms with van der Waals surface area (Å²) in [4.78, 5) is 0. The van der Waals surface area contributed by atoms with Gasteiger partial charge in [0.15, 0.2) is 6.79 Å². The van der Waals surface area contributed by atoms with Gasteiger partial charge in [-0.05, 0) is 25.0 Å². The lowest BCUT2D eigenvalue weighted by atomic mass is 10.3. The van der Waals surface area contributed by atoms with Gasteiger partial charge in [0.1, 0.15) is 5.76 Å². The summed E-state index contributed by atoms with van der Waals surface area (Å²) in [5.74, 6) is 0.758. The van der Waals surface area contributed by atoms with Crippen LogP contribution in [0.4, 0.5) is 0 Å². The molecule has 0 fully saturated rings. The topological polar surface area (TPSA) is 29.5 Å². The van der Waals surface area contributed by atoms with Gasteiger partial charge in [0.2, 0.25) is 0 Å². The first kappa shape index (κ1) is 11.2. The van der Waals surface area contributed by atoms with Crippen LogP contribution in [0.3, 0.4) is 0 Å². The fourth-order valence-corrected chi connectivity index (χ4v) is 0.817. The van der Waals surface area contributed by atoms with E-state index in [4.69, 9.17) is 9.84 Å². The summed E-state index contributed by atoms with van der Waals surface area (Å²) in [6, 6.07) is 0. The maximum Gasteiger partial charge on any atom is 0.186 e. The number of hydrogen-bond donors (Lipinski definition) is 1. The molecule has 2 nitrogen and oxygen atoms in total. The summed E-state index contributed by atoms with van der Waals surface area (Å²) in [6.45, 7) is 3.91. The van der Waals surface area contributed by atoms with Crippen molar-refractivity contribution in [1.82, 2.24) is 0 Å². The van der Waals surface area contributed by atoms with E-state index in [1.165, 1.54) is 0 Å². The predicted octanol–water partition coefficient (Wildman–Crippen LogP) is 2.60. The first-order chi connectivity index (χ1) is 5.85. The van der Waals surface area contributed by atoms with Gasteiger partial charge < -0.3 is 9.84 Å². The molecule has 0 bridgehead atoms. The molecule has 2 heteroatoms. The van der Waals surface area contributed by atoms with Crippen molar-refractivity contribution in [2.24, 2.45) is 0 Å². The normalized spacial score (nSPS) is 12.4. The second-order valence-corrected chi connectivity index (χ2v) is 2.48.